The standard InChI is InChI=1S/C14H9BrClN3O/c15-10-4-1-3-8(13(10)16)14(20)18-11-5-2-6-12-9(11)7-17-19-12/h1-7H,(H,17,19)(H,18,20). The molecule has 0 aliphatic heterocycles. The quantitative estimate of drug-likeness (QED) is 0.726. The molecule has 0 spiro atoms. The first kappa shape index (κ1) is 13.1. The molecule has 100 valence electrons. The Labute approximate surface area is 128 Å². The van der Waals surface area contributed by atoms with Crippen LogP contribution in [0.25, 0.3) is 10.9 Å². The number of anilines is 1. The van der Waals surface area contributed by atoms with Crippen LogP contribution in [-0.4, -0.2) is 16.1 Å². The summed E-state index contributed by atoms with van der Waals surface area (Å²) in [4.78, 5) is 12.3. The highest BCUT2D eigenvalue weighted by Crippen LogP contribution is 2.27. The maximum Gasteiger partial charge on any atom is 0.257 e. The van der Waals surface area contributed by atoms with Crippen molar-refractivity contribution in [3.05, 3.63) is 57.7 Å². The third-order valence-electron chi connectivity index (χ3n) is 2.93. The van der Waals surface area contributed by atoms with Crippen molar-refractivity contribution >= 4 is 50.0 Å². The number of nitrogens with one attached hydrogen (secondary N) is 2. The van der Waals surface area contributed by atoms with Crippen LogP contribution in [0.4, 0.5) is 5.69 Å². The monoisotopic (exact) mass is 349 g/mol. The first-order valence-electron chi connectivity index (χ1n) is 5.84. The fraction of sp³-hybridized carbons (Fsp3) is 0. The molecule has 0 saturated heterocycles. The van der Waals surface area contributed by atoms with Crippen molar-refractivity contribution in [1.29, 1.82) is 0 Å². The molecule has 0 aliphatic rings. The SMILES string of the molecule is O=C(Nc1cccc2[nH]ncc12)c1cccc(Br)c1Cl. The van der Waals surface area contributed by atoms with Gasteiger partial charge in [0.2, 0.25) is 0 Å². The van der Waals surface area contributed by atoms with Crippen molar-refractivity contribution in [2.75, 3.05) is 5.32 Å². The van der Waals surface area contributed by atoms with Crippen LogP contribution in [0.1, 0.15) is 10.4 Å². The van der Waals surface area contributed by atoms with E-state index in [4.69, 9.17) is 11.6 Å². The average Bonchev–Trinajstić information content (AvgIpc) is 2.91. The lowest BCUT2D eigenvalue weighted by Gasteiger charge is -2.08. The van der Waals surface area contributed by atoms with E-state index in [1.165, 1.54) is 0 Å². The van der Waals surface area contributed by atoms with Gasteiger partial charge in [-0.25, -0.2) is 0 Å². The number of carbonyl (C=O) groups excluding carboxylic acids is 1. The molecule has 1 heterocycles. The molecule has 0 fully saturated rings. The molecule has 0 radical (unpaired) electrons. The molecular formula is C14H9BrClN3O. The Morgan fingerprint density at radius 2 is 2.05 bits per heavy atom. The van der Waals surface area contributed by atoms with E-state index in [1.807, 2.05) is 18.2 Å². The van der Waals surface area contributed by atoms with Crippen LogP contribution in [0.3, 0.4) is 0 Å². The number of rotatable bonds is 2. The molecule has 2 aromatic carbocycles. The van der Waals surface area contributed by atoms with Crippen LogP contribution in [0.15, 0.2) is 47.1 Å². The summed E-state index contributed by atoms with van der Waals surface area (Å²) in [5, 5.41) is 10.9. The molecule has 1 aromatic heterocycles. The van der Waals surface area contributed by atoms with Gasteiger partial charge in [0, 0.05) is 9.86 Å². The van der Waals surface area contributed by atoms with Gasteiger partial charge >= 0.3 is 0 Å². The number of halogens is 2. The third kappa shape index (κ3) is 2.30. The van der Waals surface area contributed by atoms with E-state index in [0.717, 1.165) is 10.9 Å². The van der Waals surface area contributed by atoms with E-state index < -0.39 is 0 Å². The minimum Gasteiger partial charge on any atom is -0.321 e. The molecule has 0 atom stereocenters. The maximum atomic E-state index is 12.3. The lowest BCUT2D eigenvalue weighted by Crippen LogP contribution is -2.12. The molecule has 3 aromatic rings. The number of hydrogen-bond donors (Lipinski definition) is 2. The highest BCUT2D eigenvalue weighted by atomic mass is 79.9. The Hall–Kier alpha value is -1.85. The molecule has 6 heteroatoms. The summed E-state index contributed by atoms with van der Waals surface area (Å²) >= 11 is 9.43. The van der Waals surface area contributed by atoms with Gasteiger partial charge in [-0.3, -0.25) is 9.89 Å². The van der Waals surface area contributed by atoms with Gasteiger partial charge in [0.25, 0.3) is 5.91 Å². The van der Waals surface area contributed by atoms with E-state index in [1.54, 1.807) is 24.4 Å². The highest BCUT2D eigenvalue weighted by Gasteiger charge is 2.13. The van der Waals surface area contributed by atoms with Crippen molar-refractivity contribution in [3.63, 3.8) is 0 Å². The largest absolute Gasteiger partial charge is 0.321 e. The van der Waals surface area contributed by atoms with Crippen LogP contribution in [-0.2, 0) is 0 Å². The summed E-state index contributed by atoms with van der Waals surface area (Å²) in [6.45, 7) is 0. The number of aromatic nitrogens is 2. The van der Waals surface area contributed by atoms with Crippen LogP contribution in [0.5, 0.6) is 0 Å². The molecule has 2 N–H and O–H groups in total. The van der Waals surface area contributed by atoms with E-state index in [-0.39, 0.29) is 5.91 Å². The third-order valence-corrected chi connectivity index (χ3v) is 4.23. The predicted molar refractivity (Wildman–Crippen MR) is 83.2 cm³/mol. The van der Waals surface area contributed by atoms with Crippen molar-refractivity contribution in [2.24, 2.45) is 0 Å². The van der Waals surface area contributed by atoms with E-state index in [9.17, 15) is 4.79 Å². The van der Waals surface area contributed by atoms with Crippen LogP contribution < -0.4 is 5.32 Å². The summed E-state index contributed by atoms with van der Waals surface area (Å²) in [7, 11) is 0. The number of carbonyl (C=O) groups is 1. The summed E-state index contributed by atoms with van der Waals surface area (Å²) in [6, 6.07) is 10.8. The van der Waals surface area contributed by atoms with Crippen LogP contribution in [0.2, 0.25) is 5.02 Å². The first-order valence-corrected chi connectivity index (χ1v) is 7.01. The second-order valence-corrected chi connectivity index (χ2v) is 5.42. The summed E-state index contributed by atoms with van der Waals surface area (Å²) in [5.41, 5.74) is 1.97. The molecule has 0 saturated carbocycles. The molecule has 3 rings (SSSR count). The molecule has 1 amide bonds. The fourth-order valence-corrected chi connectivity index (χ4v) is 2.52. The maximum absolute atomic E-state index is 12.3. The molecular weight excluding hydrogens is 342 g/mol. The zero-order valence-electron chi connectivity index (χ0n) is 10.2. The van der Waals surface area contributed by atoms with Gasteiger partial charge < -0.3 is 5.32 Å². The number of hydrogen-bond acceptors (Lipinski definition) is 2. The van der Waals surface area contributed by atoms with Crippen molar-refractivity contribution in [2.45, 2.75) is 0 Å². The van der Waals surface area contributed by atoms with Gasteiger partial charge in [-0.15, -0.1) is 0 Å². The normalized spacial score (nSPS) is 10.7. The Morgan fingerprint density at radius 1 is 1.25 bits per heavy atom. The summed E-state index contributed by atoms with van der Waals surface area (Å²) in [6.07, 6.45) is 1.67. The zero-order chi connectivity index (χ0) is 14.1. The average molecular weight is 351 g/mol. The van der Waals surface area contributed by atoms with Gasteiger partial charge in [-0.05, 0) is 40.2 Å². The predicted octanol–water partition coefficient (Wildman–Crippen LogP) is 4.23. The van der Waals surface area contributed by atoms with E-state index in [2.05, 4.69) is 31.4 Å². The van der Waals surface area contributed by atoms with Crippen molar-refractivity contribution in [1.82, 2.24) is 10.2 Å². The van der Waals surface area contributed by atoms with Crippen LogP contribution >= 0.6 is 27.5 Å². The second-order valence-electron chi connectivity index (χ2n) is 4.19. The molecule has 20 heavy (non-hydrogen) atoms. The van der Waals surface area contributed by atoms with Crippen LogP contribution in [0, 0.1) is 0 Å². The van der Waals surface area contributed by atoms with E-state index >= 15 is 0 Å². The Balaban J connectivity index is 1.97. The Bertz CT molecular complexity index is 800. The minimum atomic E-state index is -0.259. The zero-order valence-corrected chi connectivity index (χ0v) is 12.5. The highest BCUT2D eigenvalue weighted by molar-refractivity contribution is 9.10. The lowest BCUT2D eigenvalue weighted by molar-refractivity contribution is 0.102. The van der Waals surface area contributed by atoms with Gasteiger partial charge in [0.05, 0.1) is 28.0 Å². The van der Waals surface area contributed by atoms with Gasteiger partial charge in [0.15, 0.2) is 0 Å². The van der Waals surface area contributed by atoms with Gasteiger partial charge in [-0.1, -0.05) is 23.7 Å². The Morgan fingerprint density at radius 3 is 2.90 bits per heavy atom. The molecule has 0 aliphatic carbocycles. The number of H-pyrrole nitrogens is 1. The Kier molecular flexibility index (Phi) is 3.46. The minimum absolute atomic E-state index is 0.259. The van der Waals surface area contributed by atoms with Gasteiger partial charge in [-0.2, -0.15) is 5.10 Å². The van der Waals surface area contributed by atoms with Crippen molar-refractivity contribution in [3.8, 4) is 0 Å². The summed E-state index contributed by atoms with van der Waals surface area (Å²) < 4.78 is 0.688. The molecule has 0 unspecified atom stereocenters. The smallest absolute Gasteiger partial charge is 0.257 e. The lowest BCUT2D eigenvalue weighted by atomic mass is 10.2. The van der Waals surface area contributed by atoms with Gasteiger partial charge in [0.1, 0.15) is 0 Å². The number of fused-ring (bicyclic) bond motifs is 1. The fourth-order valence-electron chi connectivity index (χ4n) is 1.95. The topological polar surface area (TPSA) is 57.8 Å². The second kappa shape index (κ2) is 5.26. The number of nitrogens with zero attached hydrogens (tertiary/aromatic N) is 1. The first-order chi connectivity index (χ1) is 9.66. The molecule has 0 bridgehead atoms. The molecule has 4 nitrogen and oxygen atoms in total. The number of aromatic amines is 1. The summed E-state index contributed by atoms with van der Waals surface area (Å²) in [5.74, 6) is -0.259. The number of benzene rings is 2. The van der Waals surface area contributed by atoms with Crippen molar-refractivity contribution < 1.29 is 4.79 Å². The van der Waals surface area contributed by atoms with E-state index in [0.29, 0.717) is 20.7 Å². The number of amides is 1.